The quantitative estimate of drug-likeness (QED) is 0.741. The largest absolute Gasteiger partial charge is 0.385 e. The molecule has 1 aliphatic rings. The summed E-state index contributed by atoms with van der Waals surface area (Å²) in [6.45, 7) is 5.75. The van der Waals surface area contributed by atoms with Gasteiger partial charge in [0.2, 0.25) is 0 Å². The molecule has 2 rings (SSSR count). The molecule has 0 heterocycles. The average Bonchev–Trinajstić information content (AvgIpc) is 2.97. The first kappa shape index (κ1) is 15.9. The lowest BCUT2D eigenvalue weighted by Gasteiger charge is -2.11. The van der Waals surface area contributed by atoms with Gasteiger partial charge in [-0.05, 0) is 56.4 Å². The van der Waals surface area contributed by atoms with Gasteiger partial charge in [-0.1, -0.05) is 25.7 Å². The lowest BCUT2D eigenvalue weighted by atomic mass is 10.0. The van der Waals surface area contributed by atoms with E-state index in [1.165, 1.54) is 32.1 Å². The summed E-state index contributed by atoms with van der Waals surface area (Å²) < 4.78 is 0. The number of amides is 1. The van der Waals surface area contributed by atoms with Gasteiger partial charge in [0.05, 0.1) is 0 Å². The standard InChI is InChI=1S/C18H28N2O/c1-3-19-16-10-11-17(14(2)13-16)18(21)20-12-6-9-15-7-4-5-8-15/h10-11,13,15,19H,3-9,12H2,1-2H3,(H,20,21). The number of carbonyl (C=O) groups is 1. The Hall–Kier alpha value is -1.51. The molecule has 0 aromatic heterocycles. The van der Waals surface area contributed by atoms with Crippen molar-refractivity contribution in [1.82, 2.24) is 5.32 Å². The van der Waals surface area contributed by atoms with E-state index in [0.29, 0.717) is 0 Å². The van der Waals surface area contributed by atoms with Gasteiger partial charge in [0, 0.05) is 24.3 Å². The number of hydrogen-bond donors (Lipinski definition) is 2. The predicted octanol–water partition coefficient (Wildman–Crippen LogP) is 4.13. The van der Waals surface area contributed by atoms with Crippen LogP contribution in [0.1, 0.15) is 61.4 Å². The van der Waals surface area contributed by atoms with Crippen molar-refractivity contribution in [2.75, 3.05) is 18.4 Å². The molecule has 21 heavy (non-hydrogen) atoms. The van der Waals surface area contributed by atoms with Crippen LogP contribution in [0.15, 0.2) is 18.2 Å². The fourth-order valence-corrected chi connectivity index (χ4v) is 3.22. The minimum absolute atomic E-state index is 0.0574. The molecule has 0 bridgehead atoms. The van der Waals surface area contributed by atoms with E-state index in [0.717, 1.165) is 42.2 Å². The fraction of sp³-hybridized carbons (Fsp3) is 0.611. The van der Waals surface area contributed by atoms with Crippen molar-refractivity contribution in [2.24, 2.45) is 5.92 Å². The summed E-state index contributed by atoms with van der Waals surface area (Å²) >= 11 is 0. The van der Waals surface area contributed by atoms with Crippen molar-refractivity contribution in [3.8, 4) is 0 Å². The highest BCUT2D eigenvalue weighted by atomic mass is 16.1. The first-order valence-corrected chi connectivity index (χ1v) is 8.33. The van der Waals surface area contributed by atoms with Crippen LogP contribution in [-0.2, 0) is 0 Å². The van der Waals surface area contributed by atoms with E-state index in [9.17, 15) is 4.79 Å². The van der Waals surface area contributed by atoms with Gasteiger partial charge >= 0.3 is 0 Å². The molecule has 1 saturated carbocycles. The summed E-state index contributed by atoms with van der Waals surface area (Å²) in [4.78, 5) is 12.2. The van der Waals surface area contributed by atoms with E-state index in [4.69, 9.17) is 0 Å². The maximum Gasteiger partial charge on any atom is 0.251 e. The van der Waals surface area contributed by atoms with Crippen molar-refractivity contribution in [2.45, 2.75) is 52.4 Å². The van der Waals surface area contributed by atoms with E-state index in [1.807, 2.05) is 25.1 Å². The van der Waals surface area contributed by atoms with Gasteiger partial charge in [0.15, 0.2) is 0 Å². The summed E-state index contributed by atoms with van der Waals surface area (Å²) in [5, 5.41) is 6.32. The van der Waals surface area contributed by atoms with Crippen LogP contribution in [0, 0.1) is 12.8 Å². The Morgan fingerprint density at radius 3 is 2.71 bits per heavy atom. The van der Waals surface area contributed by atoms with Gasteiger partial charge in [0.25, 0.3) is 5.91 Å². The Balaban J connectivity index is 1.77. The van der Waals surface area contributed by atoms with Crippen LogP contribution in [0.25, 0.3) is 0 Å². The van der Waals surface area contributed by atoms with Crippen molar-refractivity contribution in [3.63, 3.8) is 0 Å². The van der Waals surface area contributed by atoms with Gasteiger partial charge in [-0.3, -0.25) is 4.79 Å². The van der Waals surface area contributed by atoms with Crippen LogP contribution in [0.3, 0.4) is 0 Å². The minimum Gasteiger partial charge on any atom is -0.385 e. The molecule has 1 aliphatic carbocycles. The maximum atomic E-state index is 12.2. The van der Waals surface area contributed by atoms with E-state index in [1.54, 1.807) is 0 Å². The topological polar surface area (TPSA) is 41.1 Å². The van der Waals surface area contributed by atoms with Crippen molar-refractivity contribution < 1.29 is 4.79 Å². The molecule has 3 heteroatoms. The first-order chi connectivity index (χ1) is 10.2. The molecule has 0 saturated heterocycles. The molecule has 0 spiro atoms. The summed E-state index contributed by atoms with van der Waals surface area (Å²) in [5.74, 6) is 0.963. The molecule has 0 aliphatic heterocycles. The van der Waals surface area contributed by atoms with E-state index >= 15 is 0 Å². The van der Waals surface area contributed by atoms with E-state index in [-0.39, 0.29) is 5.91 Å². The molecule has 1 amide bonds. The van der Waals surface area contributed by atoms with Crippen LogP contribution in [0.2, 0.25) is 0 Å². The monoisotopic (exact) mass is 288 g/mol. The van der Waals surface area contributed by atoms with Crippen LogP contribution < -0.4 is 10.6 Å². The van der Waals surface area contributed by atoms with Crippen molar-refractivity contribution in [1.29, 1.82) is 0 Å². The van der Waals surface area contributed by atoms with E-state index < -0.39 is 0 Å². The van der Waals surface area contributed by atoms with Gasteiger partial charge in [0.1, 0.15) is 0 Å². The van der Waals surface area contributed by atoms with Gasteiger partial charge in [-0.25, -0.2) is 0 Å². The van der Waals surface area contributed by atoms with Gasteiger partial charge in [-0.15, -0.1) is 0 Å². The number of anilines is 1. The van der Waals surface area contributed by atoms with Crippen LogP contribution in [-0.4, -0.2) is 19.0 Å². The molecule has 0 unspecified atom stereocenters. The zero-order chi connectivity index (χ0) is 15.1. The highest BCUT2D eigenvalue weighted by molar-refractivity contribution is 5.96. The zero-order valence-corrected chi connectivity index (χ0v) is 13.4. The highest BCUT2D eigenvalue weighted by Gasteiger charge is 2.14. The summed E-state index contributed by atoms with van der Waals surface area (Å²) in [7, 11) is 0. The Morgan fingerprint density at radius 2 is 2.05 bits per heavy atom. The maximum absolute atomic E-state index is 12.2. The molecular weight excluding hydrogens is 260 g/mol. The zero-order valence-electron chi connectivity index (χ0n) is 13.4. The second-order valence-electron chi connectivity index (χ2n) is 6.11. The third kappa shape index (κ3) is 4.76. The highest BCUT2D eigenvalue weighted by Crippen LogP contribution is 2.28. The number of carbonyl (C=O) groups excluding carboxylic acids is 1. The Labute approximate surface area is 128 Å². The number of rotatable bonds is 7. The van der Waals surface area contributed by atoms with Crippen LogP contribution in [0.4, 0.5) is 5.69 Å². The lowest BCUT2D eigenvalue weighted by Crippen LogP contribution is -2.25. The van der Waals surface area contributed by atoms with Gasteiger partial charge in [-0.2, -0.15) is 0 Å². The van der Waals surface area contributed by atoms with Crippen molar-refractivity contribution >= 4 is 11.6 Å². The Morgan fingerprint density at radius 1 is 1.29 bits per heavy atom. The third-order valence-corrected chi connectivity index (χ3v) is 4.40. The Bertz CT molecular complexity index is 464. The summed E-state index contributed by atoms with van der Waals surface area (Å²) in [6.07, 6.45) is 7.93. The SMILES string of the molecule is CCNc1ccc(C(=O)NCCCC2CCCC2)c(C)c1. The molecule has 2 N–H and O–H groups in total. The van der Waals surface area contributed by atoms with E-state index in [2.05, 4.69) is 17.6 Å². The van der Waals surface area contributed by atoms with Gasteiger partial charge < -0.3 is 10.6 Å². The molecule has 116 valence electrons. The second kappa shape index (κ2) is 8.06. The molecular formula is C18H28N2O. The normalized spacial score (nSPS) is 15.1. The average molecular weight is 288 g/mol. The molecule has 3 nitrogen and oxygen atoms in total. The van der Waals surface area contributed by atoms with Crippen molar-refractivity contribution in [3.05, 3.63) is 29.3 Å². The second-order valence-corrected chi connectivity index (χ2v) is 6.11. The molecule has 1 aromatic carbocycles. The van der Waals surface area contributed by atoms with Crippen LogP contribution >= 0.6 is 0 Å². The number of nitrogens with one attached hydrogen (secondary N) is 2. The smallest absolute Gasteiger partial charge is 0.251 e. The van der Waals surface area contributed by atoms with Crippen LogP contribution in [0.5, 0.6) is 0 Å². The number of hydrogen-bond acceptors (Lipinski definition) is 2. The molecule has 1 aromatic rings. The third-order valence-electron chi connectivity index (χ3n) is 4.40. The fourth-order valence-electron chi connectivity index (χ4n) is 3.22. The lowest BCUT2D eigenvalue weighted by molar-refractivity contribution is 0.0952. The Kier molecular flexibility index (Phi) is 6.09. The number of benzene rings is 1. The predicted molar refractivity (Wildman–Crippen MR) is 88.9 cm³/mol. The minimum atomic E-state index is 0.0574. The molecule has 0 radical (unpaired) electrons. The summed E-state index contributed by atoms with van der Waals surface area (Å²) in [5.41, 5.74) is 2.90. The molecule has 0 atom stereocenters. The number of aryl methyl sites for hydroxylation is 1. The first-order valence-electron chi connectivity index (χ1n) is 8.33. The summed E-state index contributed by atoms with van der Waals surface area (Å²) in [6, 6.07) is 5.93. The molecule has 1 fully saturated rings.